The van der Waals surface area contributed by atoms with Gasteiger partial charge in [0.05, 0.1) is 0 Å². The molecule has 1 nitrogen and oxygen atoms in total. The van der Waals surface area contributed by atoms with Crippen LogP contribution in [0.3, 0.4) is 0 Å². The first kappa shape index (κ1) is 12.2. The second-order valence-corrected chi connectivity index (χ2v) is 5.88. The highest BCUT2D eigenvalue weighted by Gasteiger charge is 2.21. The summed E-state index contributed by atoms with van der Waals surface area (Å²) in [5.41, 5.74) is 3.29. The molecule has 2 aliphatic rings. The monoisotopic (exact) mass is 221 g/mol. The molecule has 0 bridgehead atoms. The van der Waals surface area contributed by atoms with Crippen molar-refractivity contribution in [1.82, 2.24) is 5.32 Å². The van der Waals surface area contributed by atoms with Crippen LogP contribution in [0, 0.1) is 0 Å². The van der Waals surface area contributed by atoms with E-state index in [1.54, 1.807) is 11.1 Å². The highest BCUT2D eigenvalue weighted by Crippen LogP contribution is 2.27. The van der Waals surface area contributed by atoms with Crippen molar-refractivity contribution < 1.29 is 0 Å². The summed E-state index contributed by atoms with van der Waals surface area (Å²) in [5.74, 6) is 0. The Hall–Kier alpha value is -0.300. The van der Waals surface area contributed by atoms with E-state index in [-0.39, 0.29) is 0 Å². The van der Waals surface area contributed by atoms with Crippen LogP contribution < -0.4 is 5.32 Å². The maximum absolute atomic E-state index is 3.89. The zero-order chi connectivity index (χ0) is 11.4. The van der Waals surface area contributed by atoms with Crippen LogP contribution in [0.25, 0.3) is 0 Å². The van der Waals surface area contributed by atoms with E-state index in [1.807, 2.05) is 0 Å². The molecule has 1 N–H and O–H groups in total. The predicted octanol–water partition coefficient (Wildman–Crippen LogP) is 4.19. The number of allylic oxidation sites excluding steroid dienone is 2. The van der Waals surface area contributed by atoms with Gasteiger partial charge in [-0.15, -0.1) is 0 Å². The Labute approximate surface area is 101 Å². The SMILES string of the molecule is CC(C)=C1CCC(NC2CCCCC2)CC1. The summed E-state index contributed by atoms with van der Waals surface area (Å²) in [6, 6.07) is 1.65. The molecule has 0 saturated heterocycles. The number of hydrogen-bond acceptors (Lipinski definition) is 1. The number of hydrogen-bond donors (Lipinski definition) is 1. The first-order valence-electron chi connectivity index (χ1n) is 7.17. The third-order valence-corrected chi connectivity index (χ3v) is 4.37. The van der Waals surface area contributed by atoms with Gasteiger partial charge in [0, 0.05) is 12.1 Å². The molecule has 1 heteroatoms. The zero-order valence-electron chi connectivity index (χ0n) is 11.0. The van der Waals surface area contributed by atoms with Crippen LogP contribution in [0.1, 0.15) is 71.6 Å². The Morgan fingerprint density at radius 2 is 1.44 bits per heavy atom. The van der Waals surface area contributed by atoms with E-state index in [4.69, 9.17) is 0 Å². The maximum atomic E-state index is 3.89. The minimum Gasteiger partial charge on any atom is -0.311 e. The summed E-state index contributed by atoms with van der Waals surface area (Å²) in [4.78, 5) is 0. The summed E-state index contributed by atoms with van der Waals surface area (Å²) in [6.45, 7) is 4.54. The van der Waals surface area contributed by atoms with Crippen molar-refractivity contribution in [3.8, 4) is 0 Å². The van der Waals surface area contributed by atoms with Crippen LogP contribution in [0.15, 0.2) is 11.1 Å². The van der Waals surface area contributed by atoms with Crippen molar-refractivity contribution in [2.75, 3.05) is 0 Å². The predicted molar refractivity (Wildman–Crippen MR) is 70.6 cm³/mol. The van der Waals surface area contributed by atoms with Gasteiger partial charge in [0.1, 0.15) is 0 Å². The van der Waals surface area contributed by atoms with Gasteiger partial charge in [-0.1, -0.05) is 30.4 Å². The molecule has 0 heterocycles. The number of rotatable bonds is 2. The highest BCUT2D eigenvalue weighted by molar-refractivity contribution is 5.12. The average Bonchev–Trinajstić information content (AvgIpc) is 2.31. The third-order valence-electron chi connectivity index (χ3n) is 4.37. The Morgan fingerprint density at radius 1 is 0.875 bits per heavy atom. The van der Waals surface area contributed by atoms with E-state index >= 15 is 0 Å². The van der Waals surface area contributed by atoms with Gasteiger partial charge in [-0.3, -0.25) is 0 Å². The Kier molecular flexibility index (Phi) is 4.45. The normalized spacial score (nSPS) is 28.1. The van der Waals surface area contributed by atoms with E-state index in [1.165, 1.54) is 57.8 Å². The third kappa shape index (κ3) is 3.35. The molecule has 2 fully saturated rings. The van der Waals surface area contributed by atoms with Gasteiger partial charge in [-0.2, -0.15) is 0 Å². The number of nitrogens with one attached hydrogen (secondary N) is 1. The minimum atomic E-state index is 0.811. The summed E-state index contributed by atoms with van der Waals surface area (Å²) < 4.78 is 0. The van der Waals surface area contributed by atoms with Gasteiger partial charge in [0.2, 0.25) is 0 Å². The fourth-order valence-corrected chi connectivity index (χ4v) is 3.24. The Bertz CT molecular complexity index is 234. The molecule has 0 radical (unpaired) electrons. The van der Waals surface area contributed by atoms with E-state index < -0.39 is 0 Å². The molecule has 0 atom stereocenters. The molecule has 92 valence electrons. The van der Waals surface area contributed by atoms with Crippen molar-refractivity contribution in [1.29, 1.82) is 0 Å². The van der Waals surface area contributed by atoms with Gasteiger partial charge < -0.3 is 5.32 Å². The van der Waals surface area contributed by atoms with Crippen LogP contribution >= 0.6 is 0 Å². The molecule has 0 aromatic heterocycles. The van der Waals surface area contributed by atoms with E-state index in [0.29, 0.717) is 0 Å². The zero-order valence-corrected chi connectivity index (χ0v) is 11.0. The lowest BCUT2D eigenvalue weighted by Crippen LogP contribution is -2.40. The van der Waals surface area contributed by atoms with Gasteiger partial charge in [0.25, 0.3) is 0 Å². The van der Waals surface area contributed by atoms with Crippen molar-refractivity contribution >= 4 is 0 Å². The summed E-state index contributed by atoms with van der Waals surface area (Å²) in [7, 11) is 0. The summed E-state index contributed by atoms with van der Waals surface area (Å²) >= 11 is 0. The van der Waals surface area contributed by atoms with Crippen LogP contribution in [0.4, 0.5) is 0 Å². The summed E-state index contributed by atoms with van der Waals surface area (Å²) in [6.07, 6.45) is 12.6. The molecular formula is C15H27N. The molecule has 0 spiro atoms. The molecule has 16 heavy (non-hydrogen) atoms. The molecule has 0 aromatic carbocycles. The van der Waals surface area contributed by atoms with Gasteiger partial charge in [-0.05, 0) is 52.4 Å². The quantitative estimate of drug-likeness (QED) is 0.689. The highest BCUT2D eigenvalue weighted by atomic mass is 14.9. The van der Waals surface area contributed by atoms with Crippen molar-refractivity contribution in [3.05, 3.63) is 11.1 Å². The first-order chi connectivity index (χ1) is 7.75. The molecule has 2 saturated carbocycles. The topological polar surface area (TPSA) is 12.0 Å². The lowest BCUT2D eigenvalue weighted by atomic mass is 9.87. The summed E-state index contributed by atoms with van der Waals surface area (Å²) in [5, 5.41) is 3.89. The molecule has 0 aliphatic heterocycles. The van der Waals surface area contributed by atoms with Crippen LogP contribution in [0.2, 0.25) is 0 Å². The van der Waals surface area contributed by atoms with E-state index in [0.717, 1.165) is 12.1 Å². The maximum Gasteiger partial charge on any atom is 0.00757 e. The smallest absolute Gasteiger partial charge is 0.00757 e. The standard InChI is InChI=1S/C15H27N/c1-12(2)13-8-10-15(11-9-13)16-14-6-4-3-5-7-14/h14-16H,3-11H2,1-2H3. The molecule has 0 unspecified atom stereocenters. The van der Waals surface area contributed by atoms with E-state index in [9.17, 15) is 0 Å². The second kappa shape index (κ2) is 5.86. The molecule has 0 amide bonds. The van der Waals surface area contributed by atoms with Crippen LogP contribution in [0.5, 0.6) is 0 Å². The van der Waals surface area contributed by atoms with Crippen LogP contribution in [-0.2, 0) is 0 Å². The lowest BCUT2D eigenvalue weighted by molar-refractivity contribution is 0.307. The lowest BCUT2D eigenvalue weighted by Gasteiger charge is -2.32. The van der Waals surface area contributed by atoms with Gasteiger partial charge >= 0.3 is 0 Å². The molecule has 2 rings (SSSR count). The fraction of sp³-hybridized carbons (Fsp3) is 0.867. The first-order valence-corrected chi connectivity index (χ1v) is 7.17. The van der Waals surface area contributed by atoms with Gasteiger partial charge in [-0.25, -0.2) is 0 Å². The van der Waals surface area contributed by atoms with E-state index in [2.05, 4.69) is 19.2 Å². The van der Waals surface area contributed by atoms with Crippen molar-refractivity contribution in [2.45, 2.75) is 83.7 Å². The molecule has 0 aromatic rings. The molecular weight excluding hydrogens is 194 g/mol. The van der Waals surface area contributed by atoms with Gasteiger partial charge in [0.15, 0.2) is 0 Å². The fourth-order valence-electron chi connectivity index (χ4n) is 3.24. The Balaban J connectivity index is 1.74. The Morgan fingerprint density at radius 3 is 2.00 bits per heavy atom. The largest absolute Gasteiger partial charge is 0.311 e. The van der Waals surface area contributed by atoms with Crippen LogP contribution in [-0.4, -0.2) is 12.1 Å². The second-order valence-electron chi connectivity index (χ2n) is 5.88. The molecule has 2 aliphatic carbocycles. The minimum absolute atomic E-state index is 0.811. The average molecular weight is 221 g/mol. The van der Waals surface area contributed by atoms with Crippen molar-refractivity contribution in [3.63, 3.8) is 0 Å². The van der Waals surface area contributed by atoms with Crippen molar-refractivity contribution in [2.24, 2.45) is 0 Å².